The highest BCUT2D eigenvalue weighted by molar-refractivity contribution is 8.15. The standard InChI is InChI=1S/C11H10F2N2O2S2/c12-6-1-2-7(13)8(3-6)14-11-15-9-4-19(16,17)5-10(9)18-11/h1-3,9-10H,4-5H2,(H,14,15)/t9-,10-/m1/s1. The van der Waals surface area contributed by atoms with Crippen molar-refractivity contribution >= 4 is 32.5 Å². The Kier molecular flexibility index (Phi) is 3.01. The SMILES string of the molecule is O=S1(=O)C[C@H]2N=C(Nc3cc(F)ccc3F)S[C@@H]2C1. The maximum absolute atomic E-state index is 13.4. The second-order valence-electron chi connectivity index (χ2n) is 4.48. The first-order chi connectivity index (χ1) is 8.93. The predicted molar refractivity (Wildman–Crippen MR) is 71.2 cm³/mol. The first-order valence-electron chi connectivity index (χ1n) is 5.60. The summed E-state index contributed by atoms with van der Waals surface area (Å²) in [5.41, 5.74) is 0.00841. The Hall–Kier alpha value is -1.15. The Labute approximate surface area is 113 Å². The number of nitrogens with zero attached hydrogens (tertiary/aromatic N) is 1. The molecule has 0 bridgehead atoms. The van der Waals surface area contributed by atoms with Gasteiger partial charge in [0.1, 0.15) is 11.6 Å². The quantitative estimate of drug-likeness (QED) is 0.857. The first-order valence-corrected chi connectivity index (χ1v) is 8.30. The zero-order valence-electron chi connectivity index (χ0n) is 9.64. The number of hydrogen-bond acceptors (Lipinski definition) is 5. The molecule has 0 aliphatic carbocycles. The Morgan fingerprint density at radius 1 is 1.32 bits per heavy atom. The van der Waals surface area contributed by atoms with Crippen LogP contribution in [0.3, 0.4) is 0 Å². The van der Waals surface area contributed by atoms with Crippen molar-refractivity contribution in [1.82, 2.24) is 0 Å². The van der Waals surface area contributed by atoms with Gasteiger partial charge in [-0.25, -0.2) is 17.2 Å². The summed E-state index contributed by atoms with van der Waals surface area (Å²) in [6.07, 6.45) is 0. The van der Waals surface area contributed by atoms with Crippen LogP contribution in [0.1, 0.15) is 0 Å². The largest absolute Gasteiger partial charge is 0.332 e. The van der Waals surface area contributed by atoms with Gasteiger partial charge < -0.3 is 5.32 Å². The summed E-state index contributed by atoms with van der Waals surface area (Å²) in [7, 11) is -3.01. The van der Waals surface area contributed by atoms with E-state index in [1.165, 1.54) is 11.8 Å². The molecule has 2 aliphatic heterocycles. The van der Waals surface area contributed by atoms with E-state index < -0.39 is 21.5 Å². The van der Waals surface area contributed by atoms with Crippen LogP contribution >= 0.6 is 11.8 Å². The fourth-order valence-electron chi connectivity index (χ4n) is 2.12. The number of amidine groups is 1. The molecule has 1 aromatic carbocycles. The molecule has 0 amide bonds. The maximum Gasteiger partial charge on any atom is 0.161 e. The highest BCUT2D eigenvalue weighted by atomic mass is 32.2. The lowest BCUT2D eigenvalue weighted by molar-refractivity contribution is 0.601. The molecule has 1 aromatic rings. The van der Waals surface area contributed by atoms with Crippen LogP contribution in [-0.4, -0.2) is 36.4 Å². The normalized spacial score (nSPS) is 28.0. The molecule has 2 heterocycles. The summed E-state index contributed by atoms with van der Waals surface area (Å²) in [4.78, 5) is 4.21. The van der Waals surface area contributed by atoms with Gasteiger partial charge in [-0.15, -0.1) is 0 Å². The van der Waals surface area contributed by atoms with E-state index in [2.05, 4.69) is 10.3 Å². The van der Waals surface area contributed by atoms with Crippen molar-refractivity contribution in [2.45, 2.75) is 11.3 Å². The Bertz CT molecular complexity index is 661. The third-order valence-electron chi connectivity index (χ3n) is 2.99. The van der Waals surface area contributed by atoms with Gasteiger partial charge in [-0.1, -0.05) is 11.8 Å². The van der Waals surface area contributed by atoms with Crippen LogP contribution in [0, 0.1) is 11.6 Å². The molecule has 19 heavy (non-hydrogen) atoms. The lowest BCUT2D eigenvalue weighted by atomic mass is 10.3. The van der Waals surface area contributed by atoms with Gasteiger partial charge in [-0.3, -0.25) is 4.99 Å². The maximum atomic E-state index is 13.4. The van der Waals surface area contributed by atoms with Gasteiger partial charge in [0.05, 0.1) is 23.2 Å². The average Bonchev–Trinajstić information content (AvgIpc) is 2.76. The number of hydrogen-bond donors (Lipinski definition) is 1. The zero-order chi connectivity index (χ0) is 13.6. The fraction of sp³-hybridized carbons (Fsp3) is 0.364. The number of nitrogens with one attached hydrogen (secondary N) is 1. The van der Waals surface area contributed by atoms with Gasteiger partial charge in [-0.2, -0.15) is 0 Å². The first kappa shape index (κ1) is 12.9. The molecule has 1 fully saturated rings. The molecule has 3 rings (SSSR count). The molecular weight excluding hydrogens is 294 g/mol. The number of anilines is 1. The van der Waals surface area contributed by atoms with Crippen LogP contribution in [0.2, 0.25) is 0 Å². The number of sulfone groups is 1. The van der Waals surface area contributed by atoms with E-state index in [1.54, 1.807) is 0 Å². The fourth-order valence-corrected chi connectivity index (χ4v) is 5.79. The molecule has 1 N–H and O–H groups in total. The molecule has 8 heteroatoms. The van der Waals surface area contributed by atoms with Crippen LogP contribution in [0.15, 0.2) is 23.2 Å². The van der Waals surface area contributed by atoms with E-state index in [1.807, 2.05) is 0 Å². The molecule has 2 atom stereocenters. The summed E-state index contributed by atoms with van der Waals surface area (Å²) in [5, 5.41) is 3.03. The van der Waals surface area contributed by atoms with E-state index in [0.717, 1.165) is 18.2 Å². The van der Waals surface area contributed by atoms with Crippen LogP contribution in [0.4, 0.5) is 14.5 Å². The number of aliphatic imine (C=N–C) groups is 1. The summed E-state index contributed by atoms with van der Waals surface area (Å²) in [6, 6.07) is 2.83. The van der Waals surface area contributed by atoms with Gasteiger partial charge >= 0.3 is 0 Å². The summed E-state index contributed by atoms with van der Waals surface area (Å²) < 4.78 is 49.3. The van der Waals surface area contributed by atoms with E-state index in [-0.39, 0.29) is 28.5 Å². The van der Waals surface area contributed by atoms with Gasteiger partial charge in [0, 0.05) is 11.3 Å². The monoisotopic (exact) mass is 304 g/mol. The number of rotatable bonds is 1. The Morgan fingerprint density at radius 2 is 2.11 bits per heavy atom. The van der Waals surface area contributed by atoms with Crippen LogP contribution < -0.4 is 5.32 Å². The minimum Gasteiger partial charge on any atom is -0.332 e. The predicted octanol–water partition coefficient (Wildman–Crippen LogP) is 1.65. The lowest BCUT2D eigenvalue weighted by Gasteiger charge is -2.07. The molecule has 0 spiro atoms. The van der Waals surface area contributed by atoms with Crippen molar-refractivity contribution in [3.8, 4) is 0 Å². The second-order valence-corrected chi connectivity index (χ2v) is 7.87. The summed E-state index contributed by atoms with van der Waals surface area (Å²) >= 11 is 1.26. The van der Waals surface area contributed by atoms with Crippen LogP contribution in [0.25, 0.3) is 0 Å². The van der Waals surface area contributed by atoms with E-state index >= 15 is 0 Å². The molecule has 0 saturated carbocycles. The van der Waals surface area contributed by atoms with Gasteiger partial charge in [0.25, 0.3) is 0 Å². The van der Waals surface area contributed by atoms with Crippen LogP contribution in [-0.2, 0) is 9.84 Å². The topological polar surface area (TPSA) is 58.5 Å². The van der Waals surface area contributed by atoms with Crippen molar-refractivity contribution in [1.29, 1.82) is 0 Å². The van der Waals surface area contributed by atoms with Gasteiger partial charge in [-0.05, 0) is 12.1 Å². The summed E-state index contributed by atoms with van der Waals surface area (Å²) in [6.45, 7) is 0. The van der Waals surface area contributed by atoms with Gasteiger partial charge in [0.2, 0.25) is 0 Å². The van der Waals surface area contributed by atoms with Crippen molar-refractivity contribution in [3.63, 3.8) is 0 Å². The van der Waals surface area contributed by atoms with E-state index in [4.69, 9.17) is 0 Å². The smallest absolute Gasteiger partial charge is 0.161 e. The molecule has 0 radical (unpaired) electrons. The van der Waals surface area contributed by atoms with Crippen molar-refractivity contribution in [3.05, 3.63) is 29.8 Å². The van der Waals surface area contributed by atoms with E-state index in [9.17, 15) is 17.2 Å². The highest BCUT2D eigenvalue weighted by Gasteiger charge is 2.42. The van der Waals surface area contributed by atoms with Crippen molar-refractivity contribution in [2.75, 3.05) is 16.8 Å². The molecule has 4 nitrogen and oxygen atoms in total. The third-order valence-corrected chi connectivity index (χ3v) is 6.13. The third kappa shape index (κ3) is 2.59. The summed E-state index contributed by atoms with van der Waals surface area (Å²) in [5.74, 6) is -1.01. The molecule has 2 aliphatic rings. The average molecular weight is 304 g/mol. The van der Waals surface area contributed by atoms with Crippen LogP contribution in [0.5, 0.6) is 0 Å². The van der Waals surface area contributed by atoms with Gasteiger partial charge in [0.15, 0.2) is 15.0 Å². The molecule has 0 aromatic heterocycles. The van der Waals surface area contributed by atoms with Crippen molar-refractivity contribution in [2.24, 2.45) is 4.99 Å². The molecular formula is C11H10F2N2O2S2. The second kappa shape index (κ2) is 4.45. The molecule has 102 valence electrons. The highest BCUT2D eigenvalue weighted by Crippen LogP contribution is 2.34. The van der Waals surface area contributed by atoms with Crippen molar-refractivity contribution < 1.29 is 17.2 Å². The minimum atomic E-state index is -3.01. The minimum absolute atomic E-state index is 0.00841. The van der Waals surface area contributed by atoms with E-state index in [0.29, 0.717) is 5.17 Å². The number of thioether (sulfide) groups is 1. The Morgan fingerprint density at radius 3 is 2.84 bits per heavy atom. The molecule has 1 saturated heterocycles. The molecule has 0 unspecified atom stereocenters. The Balaban J connectivity index is 1.78. The number of benzene rings is 1. The zero-order valence-corrected chi connectivity index (χ0v) is 11.3. The lowest BCUT2D eigenvalue weighted by Crippen LogP contribution is -2.13. The number of fused-ring (bicyclic) bond motifs is 1. The number of halogens is 2.